The molecule has 0 aliphatic carbocycles. The largest absolute Gasteiger partial charge is 0.388 e. The third-order valence-electron chi connectivity index (χ3n) is 2.37. The van der Waals surface area contributed by atoms with Crippen LogP contribution in [0.25, 0.3) is 0 Å². The second-order valence-corrected chi connectivity index (χ2v) is 4.59. The lowest BCUT2D eigenvalue weighted by Crippen LogP contribution is -2.41. The number of methoxy groups -OCH3 is 1. The van der Waals surface area contributed by atoms with Crippen LogP contribution in [-0.2, 0) is 4.74 Å². The van der Waals surface area contributed by atoms with Crippen LogP contribution in [0.5, 0.6) is 0 Å². The topological polar surface area (TPSA) is 74.3 Å². The number of H-pyrrole nitrogens is 1. The Labute approximate surface area is 105 Å². The highest BCUT2D eigenvalue weighted by Crippen LogP contribution is 2.11. The number of aromatic amines is 1. The van der Waals surface area contributed by atoms with E-state index in [9.17, 15) is 9.90 Å². The number of ether oxygens (including phenoxy) is 1. The zero-order chi connectivity index (χ0) is 12.9. The van der Waals surface area contributed by atoms with Gasteiger partial charge in [-0.2, -0.15) is 0 Å². The Morgan fingerprint density at radius 3 is 2.94 bits per heavy atom. The lowest BCUT2D eigenvalue weighted by Gasteiger charge is -2.22. The van der Waals surface area contributed by atoms with Crippen molar-refractivity contribution in [1.29, 1.82) is 0 Å². The molecule has 1 amide bonds. The molecule has 0 aromatic carbocycles. The maximum Gasteiger partial charge on any atom is 0.267 e. The van der Waals surface area contributed by atoms with Gasteiger partial charge in [0.15, 0.2) is 0 Å². The van der Waals surface area contributed by atoms with Crippen molar-refractivity contribution in [2.75, 3.05) is 20.3 Å². The number of nitrogens with one attached hydrogen (secondary N) is 2. The van der Waals surface area contributed by atoms with Crippen LogP contribution in [-0.4, -0.2) is 41.9 Å². The van der Waals surface area contributed by atoms with Gasteiger partial charge < -0.3 is 20.1 Å². The smallest absolute Gasteiger partial charge is 0.267 e. The summed E-state index contributed by atoms with van der Waals surface area (Å²) in [6, 6.07) is 1.53. The first-order chi connectivity index (χ1) is 7.94. The van der Waals surface area contributed by atoms with Crippen LogP contribution in [0.15, 0.2) is 12.3 Å². The van der Waals surface area contributed by atoms with Crippen LogP contribution < -0.4 is 5.32 Å². The van der Waals surface area contributed by atoms with Crippen molar-refractivity contribution in [1.82, 2.24) is 10.3 Å². The van der Waals surface area contributed by atoms with Gasteiger partial charge in [0.05, 0.1) is 10.6 Å². The fourth-order valence-corrected chi connectivity index (χ4v) is 1.44. The molecule has 0 fully saturated rings. The van der Waals surface area contributed by atoms with Gasteiger partial charge in [-0.15, -0.1) is 0 Å². The first-order valence-electron chi connectivity index (χ1n) is 5.28. The third kappa shape index (κ3) is 4.77. The van der Waals surface area contributed by atoms with E-state index in [1.165, 1.54) is 12.3 Å². The number of carbonyl (C=O) groups is 1. The van der Waals surface area contributed by atoms with E-state index in [2.05, 4.69) is 10.3 Å². The van der Waals surface area contributed by atoms with E-state index in [-0.39, 0.29) is 12.5 Å². The van der Waals surface area contributed by atoms with E-state index in [1.807, 2.05) is 0 Å². The van der Waals surface area contributed by atoms with Crippen molar-refractivity contribution < 1.29 is 14.6 Å². The Bertz CT molecular complexity index is 377. The molecule has 1 rings (SSSR count). The standard InChI is InChI=1S/C11H17ClN2O3/c1-11(16,3-4-17-2)7-14-10(15)9-5-8(12)6-13-9/h5-6,13,16H,3-4,7H2,1-2H3,(H,14,15). The van der Waals surface area contributed by atoms with E-state index < -0.39 is 5.60 Å². The van der Waals surface area contributed by atoms with Gasteiger partial charge in [-0.3, -0.25) is 4.79 Å². The molecule has 0 radical (unpaired) electrons. The van der Waals surface area contributed by atoms with Crippen molar-refractivity contribution in [3.63, 3.8) is 0 Å². The Kier molecular flexibility index (Phi) is 4.99. The summed E-state index contributed by atoms with van der Waals surface area (Å²) in [4.78, 5) is 14.4. The summed E-state index contributed by atoms with van der Waals surface area (Å²) in [6.07, 6.45) is 1.98. The summed E-state index contributed by atoms with van der Waals surface area (Å²) in [6.45, 7) is 2.25. The van der Waals surface area contributed by atoms with Crippen LogP contribution >= 0.6 is 11.6 Å². The van der Waals surface area contributed by atoms with Gasteiger partial charge in [-0.1, -0.05) is 11.6 Å². The molecular weight excluding hydrogens is 244 g/mol. The van der Waals surface area contributed by atoms with Gasteiger partial charge in [-0.05, 0) is 13.0 Å². The predicted octanol–water partition coefficient (Wildman–Crippen LogP) is 1.19. The minimum atomic E-state index is -0.984. The van der Waals surface area contributed by atoms with Gasteiger partial charge >= 0.3 is 0 Å². The molecule has 0 aliphatic heterocycles. The fourth-order valence-electron chi connectivity index (χ4n) is 1.28. The van der Waals surface area contributed by atoms with Crippen molar-refractivity contribution >= 4 is 17.5 Å². The maximum absolute atomic E-state index is 11.6. The minimum Gasteiger partial charge on any atom is -0.388 e. The normalized spacial score (nSPS) is 14.4. The van der Waals surface area contributed by atoms with E-state index in [4.69, 9.17) is 16.3 Å². The number of aliphatic hydroxyl groups is 1. The molecule has 3 N–H and O–H groups in total. The van der Waals surface area contributed by atoms with Gasteiger partial charge in [-0.25, -0.2) is 0 Å². The zero-order valence-corrected chi connectivity index (χ0v) is 10.7. The summed E-state index contributed by atoms with van der Waals surface area (Å²) in [5.74, 6) is -0.297. The van der Waals surface area contributed by atoms with Crippen molar-refractivity contribution in [3.05, 3.63) is 23.0 Å². The van der Waals surface area contributed by atoms with E-state index in [0.29, 0.717) is 23.7 Å². The van der Waals surface area contributed by atoms with Gasteiger partial charge in [0.2, 0.25) is 0 Å². The first kappa shape index (κ1) is 14.0. The second-order valence-electron chi connectivity index (χ2n) is 4.15. The first-order valence-corrected chi connectivity index (χ1v) is 5.66. The van der Waals surface area contributed by atoms with Crippen molar-refractivity contribution in [2.24, 2.45) is 0 Å². The number of hydrogen-bond acceptors (Lipinski definition) is 3. The highest BCUT2D eigenvalue weighted by atomic mass is 35.5. The van der Waals surface area contributed by atoms with Crippen LogP contribution in [0.1, 0.15) is 23.8 Å². The highest BCUT2D eigenvalue weighted by Gasteiger charge is 2.21. The lowest BCUT2D eigenvalue weighted by atomic mass is 10.0. The SMILES string of the molecule is COCCC(C)(O)CNC(=O)c1cc(Cl)c[nH]1. The molecule has 6 heteroatoms. The Morgan fingerprint density at radius 2 is 2.41 bits per heavy atom. The fraction of sp³-hybridized carbons (Fsp3) is 0.545. The molecule has 1 aromatic rings. The molecular formula is C11H17ClN2O3. The Morgan fingerprint density at radius 1 is 1.71 bits per heavy atom. The van der Waals surface area contributed by atoms with Gasteiger partial charge in [0.25, 0.3) is 5.91 Å². The summed E-state index contributed by atoms with van der Waals surface area (Å²) in [5, 5.41) is 13.0. The minimum absolute atomic E-state index is 0.159. The Hall–Kier alpha value is -1.04. The summed E-state index contributed by atoms with van der Waals surface area (Å²) in [7, 11) is 1.57. The average Bonchev–Trinajstić information content (AvgIpc) is 2.70. The summed E-state index contributed by atoms with van der Waals surface area (Å²) < 4.78 is 4.88. The number of carbonyl (C=O) groups excluding carboxylic acids is 1. The maximum atomic E-state index is 11.6. The van der Waals surface area contributed by atoms with Crippen molar-refractivity contribution in [3.8, 4) is 0 Å². The quantitative estimate of drug-likeness (QED) is 0.719. The summed E-state index contributed by atoms with van der Waals surface area (Å²) in [5.41, 5.74) is -0.611. The molecule has 5 nitrogen and oxygen atoms in total. The van der Waals surface area contributed by atoms with Crippen LogP contribution in [0.3, 0.4) is 0 Å². The van der Waals surface area contributed by atoms with Crippen LogP contribution in [0, 0.1) is 0 Å². The number of rotatable bonds is 6. The Balaban J connectivity index is 2.42. The highest BCUT2D eigenvalue weighted by molar-refractivity contribution is 6.30. The molecule has 0 bridgehead atoms. The zero-order valence-electron chi connectivity index (χ0n) is 9.92. The van der Waals surface area contributed by atoms with Crippen LogP contribution in [0.4, 0.5) is 0 Å². The monoisotopic (exact) mass is 260 g/mol. The van der Waals surface area contributed by atoms with E-state index in [1.54, 1.807) is 14.0 Å². The molecule has 17 heavy (non-hydrogen) atoms. The molecule has 0 saturated heterocycles. The van der Waals surface area contributed by atoms with Crippen LogP contribution in [0.2, 0.25) is 5.02 Å². The second kappa shape index (κ2) is 6.05. The van der Waals surface area contributed by atoms with Gasteiger partial charge in [0.1, 0.15) is 5.69 Å². The molecule has 0 spiro atoms. The number of halogens is 1. The lowest BCUT2D eigenvalue weighted by molar-refractivity contribution is 0.0243. The van der Waals surface area contributed by atoms with Crippen molar-refractivity contribution in [2.45, 2.75) is 18.9 Å². The summed E-state index contributed by atoms with van der Waals surface area (Å²) >= 11 is 5.69. The molecule has 0 aliphatic rings. The third-order valence-corrected chi connectivity index (χ3v) is 2.59. The average molecular weight is 261 g/mol. The molecule has 1 atom stereocenters. The number of aromatic nitrogens is 1. The molecule has 1 heterocycles. The van der Waals surface area contributed by atoms with E-state index >= 15 is 0 Å². The van der Waals surface area contributed by atoms with Gasteiger partial charge in [0, 0.05) is 32.9 Å². The number of amides is 1. The molecule has 0 saturated carbocycles. The molecule has 1 aromatic heterocycles. The van der Waals surface area contributed by atoms with E-state index in [0.717, 1.165) is 0 Å². The number of hydrogen-bond donors (Lipinski definition) is 3. The molecule has 96 valence electrons. The molecule has 1 unspecified atom stereocenters. The predicted molar refractivity (Wildman–Crippen MR) is 65.3 cm³/mol.